The summed E-state index contributed by atoms with van der Waals surface area (Å²) < 4.78 is 0. The predicted octanol–water partition coefficient (Wildman–Crippen LogP) is 2.97. The topological polar surface area (TPSA) is 41.1 Å². The van der Waals surface area contributed by atoms with Crippen LogP contribution in [-0.4, -0.2) is 12.1 Å². The van der Waals surface area contributed by atoms with E-state index in [0.717, 1.165) is 5.69 Å². The van der Waals surface area contributed by atoms with E-state index in [0.29, 0.717) is 5.92 Å². The number of carbonyl (C=O) groups is 1. The average molecular weight is 240 g/mol. The molecule has 0 saturated carbocycles. The fourth-order valence-electron chi connectivity index (χ4n) is 1.06. The van der Waals surface area contributed by atoms with Crippen molar-refractivity contribution in [3.63, 3.8) is 0 Å². The number of carbonyl (C=O) groups excluding carboxylic acids is 1. The van der Waals surface area contributed by atoms with Crippen molar-refractivity contribution >= 4 is 25.2 Å². The third-order valence-corrected chi connectivity index (χ3v) is 2.39. The normalized spacial score (nSPS) is 11.5. The SMILES string of the molecule is CC(C)[C@H](C)NC(=O)Nc1ccccc1.S. The molecule has 3 nitrogen and oxygen atoms in total. The Morgan fingerprint density at radius 1 is 1.12 bits per heavy atom. The molecule has 0 fully saturated rings. The molecule has 2 amide bonds. The second-order valence-electron chi connectivity index (χ2n) is 4.00. The van der Waals surface area contributed by atoms with E-state index in [1.165, 1.54) is 0 Å². The zero-order valence-corrected chi connectivity index (χ0v) is 10.9. The molecule has 0 bridgehead atoms. The summed E-state index contributed by atoms with van der Waals surface area (Å²) in [6.07, 6.45) is 0. The van der Waals surface area contributed by atoms with E-state index in [2.05, 4.69) is 24.5 Å². The highest BCUT2D eigenvalue weighted by molar-refractivity contribution is 7.59. The number of hydrogen-bond donors (Lipinski definition) is 2. The van der Waals surface area contributed by atoms with Crippen LogP contribution in [0.5, 0.6) is 0 Å². The molecule has 1 aromatic rings. The average Bonchev–Trinajstić information content (AvgIpc) is 2.18. The summed E-state index contributed by atoms with van der Waals surface area (Å²) in [5.41, 5.74) is 0.811. The van der Waals surface area contributed by atoms with E-state index in [-0.39, 0.29) is 25.6 Å². The van der Waals surface area contributed by atoms with Gasteiger partial charge in [-0.1, -0.05) is 32.0 Å². The van der Waals surface area contributed by atoms with Crippen molar-refractivity contribution in [1.29, 1.82) is 0 Å². The van der Waals surface area contributed by atoms with Crippen molar-refractivity contribution in [2.75, 3.05) is 5.32 Å². The van der Waals surface area contributed by atoms with Crippen LogP contribution in [0.2, 0.25) is 0 Å². The molecule has 0 aliphatic carbocycles. The smallest absolute Gasteiger partial charge is 0.319 e. The third-order valence-electron chi connectivity index (χ3n) is 2.39. The van der Waals surface area contributed by atoms with Gasteiger partial charge in [-0.15, -0.1) is 0 Å². The lowest BCUT2D eigenvalue weighted by atomic mass is 10.1. The van der Waals surface area contributed by atoms with Gasteiger partial charge in [0.1, 0.15) is 0 Å². The number of para-hydroxylation sites is 1. The molecule has 2 N–H and O–H groups in total. The second kappa shape index (κ2) is 7.17. The highest BCUT2D eigenvalue weighted by atomic mass is 32.1. The minimum atomic E-state index is -0.151. The van der Waals surface area contributed by atoms with Gasteiger partial charge in [-0.3, -0.25) is 0 Å². The number of nitrogens with one attached hydrogen (secondary N) is 2. The van der Waals surface area contributed by atoms with Gasteiger partial charge in [0.2, 0.25) is 0 Å². The van der Waals surface area contributed by atoms with Crippen LogP contribution in [-0.2, 0) is 0 Å². The highest BCUT2D eigenvalue weighted by Gasteiger charge is 2.09. The number of amides is 2. The Balaban J connectivity index is 0.00000225. The number of benzene rings is 1. The Labute approximate surface area is 104 Å². The predicted molar refractivity (Wildman–Crippen MR) is 73.3 cm³/mol. The van der Waals surface area contributed by atoms with E-state index in [1.807, 2.05) is 37.3 Å². The summed E-state index contributed by atoms with van der Waals surface area (Å²) in [7, 11) is 0. The molecule has 0 saturated heterocycles. The first kappa shape index (κ1) is 14.8. The molecular formula is C12H20N2OS. The van der Waals surface area contributed by atoms with Gasteiger partial charge in [0.15, 0.2) is 0 Å². The lowest BCUT2D eigenvalue weighted by Crippen LogP contribution is -2.38. The van der Waals surface area contributed by atoms with Gasteiger partial charge in [-0.05, 0) is 25.0 Å². The number of rotatable bonds is 3. The summed E-state index contributed by atoms with van der Waals surface area (Å²) in [5, 5.41) is 5.66. The molecule has 0 aliphatic rings. The molecule has 1 rings (SSSR count). The molecule has 1 atom stereocenters. The van der Waals surface area contributed by atoms with Crippen LogP contribution in [0, 0.1) is 5.92 Å². The molecule has 0 unspecified atom stereocenters. The van der Waals surface area contributed by atoms with Gasteiger partial charge in [0, 0.05) is 11.7 Å². The quantitative estimate of drug-likeness (QED) is 0.838. The van der Waals surface area contributed by atoms with E-state index < -0.39 is 0 Å². The number of urea groups is 1. The van der Waals surface area contributed by atoms with Crippen LogP contribution < -0.4 is 10.6 Å². The van der Waals surface area contributed by atoms with Gasteiger partial charge < -0.3 is 10.6 Å². The molecule has 0 spiro atoms. The van der Waals surface area contributed by atoms with E-state index in [4.69, 9.17) is 0 Å². The van der Waals surface area contributed by atoms with Crippen LogP contribution in [0.25, 0.3) is 0 Å². The maximum atomic E-state index is 11.5. The molecule has 0 heterocycles. The van der Waals surface area contributed by atoms with Crippen LogP contribution in [0.1, 0.15) is 20.8 Å². The van der Waals surface area contributed by atoms with Gasteiger partial charge in [-0.25, -0.2) is 4.79 Å². The van der Waals surface area contributed by atoms with Crippen molar-refractivity contribution in [3.8, 4) is 0 Å². The first-order valence-corrected chi connectivity index (χ1v) is 5.22. The van der Waals surface area contributed by atoms with Gasteiger partial charge in [0.25, 0.3) is 0 Å². The number of hydrogen-bond acceptors (Lipinski definition) is 1. The fraction of sp³-hybridized carbons (Fsp3) is 0.417. The van der Waals surface area contributed by atoms with Crippen molar-refractivity contribution in [3.05, 3.63) is 30.3 Å². The van der Waals surface area contributed by atoms with E-state index >= 15 is 0 Å². The lowest BCUT2D eigenvalue weighted by molar-refractivity contribution is 0.246. The van der Waals surface area contributed by atoms with Crippen molar-refractivity contribution in [1.82, 2.24) is 5.32 Å². The molecular weight excluding hydrogens is 220 g/mol. The Hall–Kier alpha value is -1.16. The molecule has 0 radical (unpaired) electrons. The lowest BCUT2D eigenvalue weighted by Gasteiger charge is -2.17. The highest BCUT2D eigenvalue weighted by Crippen LogP contribution is 2.05. The molecule has 4 heteroatoms. The Morgan fingerprint density at radius 3 is 2.19 bits per heavy atom. The molecule has 0 aliphatic heterocycles. The molecule has 90 valence electrons. The largest absolute Gasteiger partial charge is 0.335 e. The Bertz CT molecular complexity index is 314. The molecule has 0 aromatic heterocycles. The summed E-state index contributed by atoms with van der Waals surface area (Å²) in [4.78, 5) is 11.5. The van der Waals surface area contributed by atoms with E-state index in [1.54, 1.807) is 0 Å². The van der Waals surface area contributed by atoms with Crippen molar-refractivity contribution in [2.45, 2.75) is 26.8 Å². The minimum absolute atomic E-state index is 0. The van der Waals surface area contributed by atoms with Gasteiger partial charge in [0.05, 0.1) is 0 Å². The van der Waals surface area contributed by atoms with Crippen molar-refractivity contribution < 1.29 is 4.79 Å². The van der Waals surface area contributed by atoms with Gasteiger partial charge >= 0.3 is 6.03 Å². The minimum Gasteiger partial charge on any atom is -0.335 e. The second-order valence-corrected chi connectivity index (χ2v) is 4.00. The monoisotopic (exact) mass is 240 g/mol. The summed E-state index contributed by atoms with van der Waals surface area (Å²) in [6, 6.07) is 9.44. The fourth-order valence-corrected chi connectivity index (χ4v) is 1.06. The zero-order chi connectivity index (χ0) is 11.3. The Kier molecular flexibility index (Phi) is 6.65. The molecule has 1 aromatic carbocycles. The zero-order valence-electron chi connectivity index (χ0n) is 9.95. The first-order chi connectivity index (χ1) is 7.09. The van der Waals surface area contributed by atoms with Crippen LogP contribution in [0.15, 0.2) is 30.3 Å². The van der Waals surface area contributed by atoms with Crippen molar-refractivity contribution in [2.24, 2.45) is 5.92 Å². The molecule has 16 heavy (non-hydrogen) atoms. The van der Waals surface area contributed by atoms with Crippen LogP contribution in [0.3, 0.4) is 0 Å². The Morgan fingerprint density at radius 2 is 1.69 bits per heavy atom. The summed E-state index contributed by atoms with van der Waals surface area (Å²) in [6.45, 7) is 6.15. The maximum absolute atomic E-state index is 11.5. The third kappa shape index (κ3) is 5.07. The van der Waals surface area contributed by atoms with Gasteiger partial charge in [-0.2, -0.15) is 13.5 Å². The first-order valence-electron chi connectivity index (χ1n) is 5.22. The maximum Gasteiger partial charge on any atom is 0.319 e. The van der Waals surface area contributed by atoms with Crippen LogP contribution in [0.4, 0.5) is 10.5 Å². The standard InChI is InChI=1S/C12H18N2O.H2S/c1-9(2)10(3)13-12(15)14-11-7-5-4-6-8-11;/h4-10H,1-3H3,(H2,13,14,15);1H2/t10-;/m0./s1. The summed E-state index contributed by atoms with van der Waals surface area (Å²) >= 11 is 0. The van der Waals surface area contributed by atoms with E-state index in [9.17, 15) is 4.79 Å². The summed E-state index contributed by atoms with van der Waals surface area (Å²) in [5.74, 6) is 0.437. The number of anilines is 1. The van der Waals surface area contributed by atoms with Crippen LogP contribution >= 0.6 is 13.5 Å².